The molecule has 3 aromatic rings. The van der Waals surface area contributed by atoms with E-state index in [4.69, 9.17) is 11.0 Å². The van der Waals surface area contributed by atoms with E-state index in [-0.39, 0.29) is 17.7 Å². The molecule has 7 nitrogen and oxygen atoms in total. The molecule has 2 aromatic heterocycles. The average molecular weight is 368 g/mol. The van der Waals surface area contributed by atoms with E-state index in [9.17, 15) is 10.1 Å². The Bertz CT molecular complexity index is 1200. The van der Waals surface area contributed by atoms with E-state index in [0.717, 1.165) is 16.5 Å². The van der Waals surface area contributed by atoms with Crippen LogP contribution in [0.4, 0.5) is 11.5 Å². The minimum Gasteiger partial charge on any atom is -0.397 e. The predicted molar refractivity (Wildman–Crippen MR) is 105 cm³/mol. The third kappa shape index (κ3) is 2.89. The van der Waals surface area contributed by atoms with Crippen LogP contribution in [0.3, 0.4) is 0 Å². The molecule has 7 heteroatoms. The zero-order chi connectivity index (χ0) is 19.8. The maximum Gasteiger partial charge on any atom is 0.230 e. The molecule has 0 radical (unpaired) electrons. The largest absolute Gasteiger partial charge is 0.397 e. The molecule has 0 bridgehead atoms. The minimum atomic E-state index is -0.276. The van der Waals surface area contributed by atoms with Crippen molar-refractivity contribution in [1.29, 1.82) is 10.5 Å². The van der Waals surface area contributed by atoms with Gasteiger partial charge >= 0.3 is 0 Å². The second kappa shape index (κ2) is 6.64. The van der Waals surface area contributed by atoms with Crippen molar-refractivity contribution in [1.82, 2.24) is 9.97 Å². The van der Waals surface area contributed by atoms with Crippen LogP contribution in [0.2, 0.25) is 0 Å². The number of aromatic nitrogens is 2. The number of hydrogen-bond donors (Lipinski definition) is 2. The van der Waals surface area contributed by atoms with Gasteiger partial charge in [0.25, 0.3) is 0 Å². The molecule has 4 rings (SSSR count). The van der Waals surface area contributed by atoms with Crippen molar-refractivity contribution in [3.63, 3.8) is 0 Å². The molecule has 0 spiro atoms. The smallest absolute Gasteiger partial charge is 0.230 e. The lowest BCUT2D eigenvalue weighted by molar-refractivity contribution is -0.117. The van der Waals surface area contributed by atoms with Crippen molar-refractivity contribution in [2.24, 2.45) is 11.8 Å². The maximum atomic E-state index is 12.2. The number of fused-ring (bicyclic) bond motifs is 1. The summed E-state index contributed by atoms with van der Waals surface area (Å²) >= 11 is 0. The molecule has 0 saturated heterocycles. The number of rotatable bonds is 3. The Morgan fingerprint density at radius 2 is 2.11 bits per heavy atom. The zero-order valence-electron chi connectivity index (χ0n) is 15.1. The third-order valence-electron chi connectivity index (χ3n) is 5.05. The van der Waals surface area contributed by atoms with Crippen molar-refractivity contribution in [2.75, 3.05) is 11.1 Å². The van der Waals surface area contributed by atoms with Gasteiger partial charge in [0.15, 0.2) is 0 Å². The van der Waals surface area contributed by atoms with Crippen molar-refractivity contribution in [3.05, 3.63) is 47.9 Å². The number of carbonyl (C=O) groups is 1. The Labute approximate surface area is 161 Å². The number of nitrogens with one attached hydrogen (secondary N) is 1. The highest BCUT2D eigenvalue weighted by Crippen LogP contribution is 2.39. The number of nitrogens with two attached hydrogens (primary N) is 1. The van der Waals surface area contributed by atoms with Crippen molar-refractivity contribution < 1.29 is 4.79 Å². The summed E-state index contributed by atoms with van der Waals surface area (Å²) in [7, 11) is 0. The Kier molecular flexibility index (Phi) is 4.14. The van der Waals surface area contributed by atoms with Gasteiger partial charge < -0.3 is 11.1 Å². The molecule has 28 heavy (non-hydrogen) atoms. The number of nitriles is 2. The second-order valence-corrected chi connectivity index (χ2v) is 6.87. The van der Waals surface area contributed by atoms with Gasteiger partial charge in [-0.3, -0.25) is 9.78 Å². The maximum absolute atomic E-state index is 12.2. The highest BCUT2D eigenvalue weighted by molar-refractivity contribution is 6.03. The molecule has 1 aliphatic carbocycles. The molecule has 1 fully saturated rings. The van der Waals surface area contributed by atoms with Crippen LogP contribution in [0.1, 0.15) is 17.5 Å². The summed E-state index contributed by atoms with van der Waals surface area (Å²) in [5.74, 6) is -0.306. The number of amides is 1. The molecule has 2 atom stereocenters. The molecule has 1 aromatic carbocycles. The van der Waals surface area contributed by atoms with E-state index in [1.54, 1.807) is 24.7 Å². The van der Waals surface area contributed by atoms with Gasteiger partial charge in [-0.05, 0) is 42.5 Å². The topological polar surface area (TPSA) is 128 Å². The fraction of sp³-hybridized carbons (Fsp3) is 0.190. The second-order valence-electron chi connectivity index (χ2n) is 6.87. The van der Waals surface area contributed by atoms with E-state index in [1.807, 2.05) is 19.1 Å². The number of benzene rings is 1. The van der Waals surface area contributed by atoms with Crippen molar-refractivity contribution >= 4 is 28.2 Å². The van der Waals surface area contributed by atoms with E-state index < -0.39 is 0 Å². The number of hydrogen-bond acceptors (Lipinski definition) is 6. The standard InChI is InChI=1S/C21H16N6O/c1-11-2-3-25-9-17(11)15-4-12-6-19(27-21(28)14-5-13(14)7-22)26-10-18(12)20(24)16(15)8-23/h2-4,6,9-10,13-14H,5,24H2,1H3,(H,26,27,28)/t13-,14+/m1/s1. The molecule has 1 saturated carbocycles. The van der Waals surface area contributed by atoms with E-state index in [2.05, 4.69) is 27.4 Å². The fourth-order valence-corrected chi connectivity index (χ4v) is 3.32. The van der Waals surface area contributed by atoms with Crippen LogP contribution in [-0.2, 0) is 4.79 Å². The lowest BCUT2D eigenvalue weighted by Crippen LogP contribution is -2.15. The van der Waals surface area contributed by atoms with Crippen molar-refractivity contribution in [3.8, 4) is 23.3 Å². The summed E-state index contributed by atoms with van der Waals surface area (Å²) in [6.45, 7) is 1.94. The summed E-state index contributed by atoms with van der Waals surface area (Å²) in [4.78, 5) is 20.6. The number of carbonyl (C=O) groups excluding carboxylic acids is 1. The third-order valence-corrected chi connectivity index (χ3v) is 5.05. The summed E-state index contributed by atoms with van der Waals surface area (Å²) in [5, 5.41) is 22.7. The Morgan fingerprint density at radius 3 is 2.79 bits per heavy atom. The van der Waals surface area contributed by atoms with Gasteiger partial charge in [-0.2, -0.15) is 10.5 Å². The van der Waals surface area contributed by atoms with Crippen LogP contribution in [0, 0.1) is 41.4 Å². The van der Waals surface area contributed by atoms with Gasteiger partial charge in [0.2, 0.25) is 5.91 Å². The molecule has 136 valence electrons. The first-order valence-corrected chi connectivity index (χ1v) is 8.77. The van der Waals surface area contributed by atoms with Crippen molar-refractivity contribution in [2.45, 2.75) is 13.3 Å². The fourth-order valence-electron chi connectivity index (χ4n) is 3.32. The van der Waals surface area contributed by atoms with Crippen LogP contribution in [-0.4, -0.2) is 15.9 Å². The summed E-state index contributed by atoms with van der Waals surface area (Å²) in [6, 6.07) is 9.74. The molecule has 0 aliphatic heterocycles. The summed E-state index contributed by atoms with van der Waals surface area (Å²) in [6.07, 6.45) is 5.53. The van der Waals surface area contributed by atoms with Gasteiger partial charge in [0.05, 0.1) is 29.2 Å². The number of nitrogen functional groups attached to an aromatic ring is 1. The summed E-state index contributed by atoms with van der Waals surface area (Å²) in [5.41, 5.74) is 9.46. The molecule has 1 amide bonds. The SMILES string of the molecule is Cc1ccncc1-c1cc2cc(NC(=O)[C@H]3C[C@@H]3C#N)ncc2c(N)c1C#N. The van der Waals surface area contributed by atoms with Crippen LogP contribution < -0.4 is 11.1 Å². The lowest BCUT2D eigenvalue weighted by atomic mass is 9.94. The van der Waals surface area contributed by atoms with Crippen LogP contribution >= 0.6 is 0 Å². The normalized spacial score (nSPS) is 17.5. The highest BCUT2D eigenvalue weighted by Gasteiger charge is 2.43. The van der Waals surface area contributed by atoms with E-state index >= 15 is 0 Å². The first-order valence-electron chi connectivity index (χ1n) is 8.77. The van der Waals surface area contributed by atoms with E-state index in [1.165, 1.54) is 0 Å². The van der Waals surface area contributed by atoms with Gasteiger partial charge in [0, 0.05) is 35.1 Å². The van der Waals surface area contributed by atoms with Gasteiger partial charge in [-0.1, -0.05) is 0 Å². The van der Waals surface area contributed by atoms with Gasteiger partial charge in [-0.25, -0.2) is 4.98 Å². The number of anilines is 2. The first-order chi connectivity index (χ1) is 13.5. The van der Waals surface area contributed by atoms with Crippen LogP contribution in [0.25, 0.3) is 21.9 Å². The highest BCUT2D eigenvalue weighted by atomic mass is 16.2. The van der Waals surface area contributed by atoms with Gasteiger partial charge in [-0.15, -0.1) is 0 Å². The molecule has 2 heterocycles. The van der Waals surface area contributed by atoms with Crippen LogP contribution in [0.15, 0.2) is 36.8 Å². The van der Waals surface area contributed by atoms with Crippen LogP contribution in [0.5, 0.6) is 0 Å². The average Bonchev–Trinajstić information content (AvgIpc) is 3.48. The molecule has 1 aliphatic rings. The lowest BCUT2D eigenvalue weighted by Gasteiger charge is -2.13. The Hall–Kier alpha value is -3.97. The Balaban J connectivity index is 1.79. The van der Waals surface area contributed by atoms with Gasteiger partial charge in [0.1, 0.15) is 11.9 Å². The molecular formula is C21H16N6O. The first kappa shape index (κ1) is 17.4. The predicted octanol–water partition coefficient (Wildman–Crippen LogP) is 3.16. The number of aryl methyl sites for hydroxylation is 1. The minimum absolute atomic E-state index is 0.205. The number of nitrogens with zero attached hydrogens (tertiary/aromatic N) is 4. The molecule has 0 unspecified atom stereocenters. The Morgan fingerprint density at radius 1 is 1.29 bits per heavy atom. The molecule has 3 N–H and O–H groups in total. The monoisotopic (exact) mass is 368 g/mol. The number of pyridine rings is 2. The zero-order valence-corrected chi connectivity index (χ0v) is 15.1. The quantitative estimate of drug-likeness (QED) is 0.683. The molecular weight excluding hydrogens is 352 g/mol. The summed E-state index contributed by atoms with van der Waals surface area (Å²) < 4.78 is 0. The van der Waals surface area contributed by atoms with E-state index in [0.29, 0.717) is 34.4 Å².